The molecule has 1 N–H and O–H groups in total. The Morgan fingerprint density at radius 3 is 3.00 bits per heavy atom. The molecule has 0 aliphatic carbocycles. The van der Waals surface area contributed by atoms with Crippen LogP contribution in [0.4, 0.5) is 5.82 Å². The smallest absolute Gasteiger partial charge is 0.254 e. The standard InChI is InChI=1S/C19H22N4O2/c1-12(2)11-23-18-14(10-13-6-3-4-7-15(13)20-18)17(22-23)21-19(24)16-8-5-9-25-16/h3-4,6-7,10,12,16H,5,8-9,11H2,1-2H3,(H,21,22,24)/t16-/m1/s1. The summed E-state index contributed by atoms with van der Waals surface area (Å²) in [5, 5.41) is 9.48. The lowest BCUT2D eigenvalue weighted by atomic mass is 10.2. The van der Waals surface area contributed by atoms with Gasteiger partial charge in [-0.05, 0) is 30.9 Å². The van der Waals surface area contributed by atoms with Crippen LogP contribution in [0.5, 0.6) is 0 Å². The molecule has 1 fully saturated rings. The number of rotatable bonds is 4. The summed E-state index contributed by atoms with van der Waals surface area (Å²) in [6.45, 7) is 5.67. The zero-order valence-corrected chi connectivity index (χ0v) is 14.5. The van der Waals surface area contributed by atoms with Crippen LogP contribution < -0.4 is 5.32 Å². The van der Waals surface area contributed by atoms with E-state index in [2.05, 4.69) is 24.3 Å². The topological polar surface area (TPSA) is 69.0 Å². The van der Waals surface area contributed by atoms with Crippen molar-refractivity contribution < 1.29 is 9.53 Å². The summed E-state index contributed by atoms with van der Waals surface area (Å²) in [6, 6.07) is 10.0. The van der Waals surface area contributed by atoms with Crippen LogP contribution in [0.1, 0.15) is 26.7 Å². The molecule has 0 radical (unpaired) electrons. The van der Waals surface area contributed by atoms with E-state index in [0.717, 1.165) is 41.3 Å². The molecule has 0 saturated carbocycles. The molecular weight excluding hydrogens is 316 g/mol. The summed E-state index contributed by atoms with van der Waals surface area (Å²) in [7, 11) is 0. The number of anilines is 1. The van der Waals surface area contributed by atoms with Crippen LogP contribution in [0.25, 0.3) is 21.9 Å². The maximum atomic E-state index is 12.4. The van der Waals surface area contributed by atoms with Crippen molar-refractivity contribution in [3.63, 3.8) is 0 Å². The highest BCUT2D eigenvalue weighted by molar-refractivity contribution is 6.03. The third kappa shape index (κ3) is 3.09. The lowest BCUT2D eigenvalue weighted by molar-refractivity contribution is -0.124. The fourth-order valence-corrected chi connectivity index (χ4v) is 3.25. The molecule has 0 spiro atoms. The number of para-hydroxylation sites is 1. The number of pyridine rings is 1. The van der Waals surface area contributed by atoms with Crippen LogP contribution in [-0.2, 0) is 16.1 Å². The predicted octanol–water partition coefficient (Wildman–Crippen LogP) is 3.36. The predicted molar refractivity (Wildman–Crippen MR) is 97.5 cm³/mol. The summed E-state index contributed by atoms with van der Waals surface area (Å²) >= 11 is 0. The quantitative estimate of drug-likeness (QED) is 0.792. The van der Waals surface area contributed by atoms with Crippen LogP contribution in [0.3, 0.4) is 0 Å². The molecule has 0 unspecified atom stereocenters. The number of hydrogen-bond acceptors (Lipinski definition) is 4. The minimum Gasteiger partial charge on any atom is -0.368 e. The number of nitrogens with zero attached hydrogens (tertiary/aromatic N) is 3. The van der Waals surface area contributed by atoms with E-state index in [-0.39, 0.29) is 12.0 Å². The molecule has 1 aliphatic rings. The highest BCUT2D eigenvalue weighted by atomic mass is 16.5. The minimum atomic E-state index is -0.376. The molecule has 0 bridgehead atoms. The van der Waals surface area contributed by atoms with Crippen molar-refractivity contribution in [3.05, 3.63) is 30.3 Å². The third-order valence-electron chi connectivity index (χ3n) is 4.43. The van der Waals surface area contributed by atoms with Crippen molar-refractivity contribution in [2.45, 2.75) is 39.3 Å². The molecule has 3 heterocycles. The highest BCUT2D eigenvalue weighted by Gasteiger charge is 2.25. The number of fused-ring (bicyclic) bond motifs is 2. The van der Waals surface area contributed by atoms with Gasteiger partial charge in [0, 0.05) is 18.5 Å². The number of carbonyl (C=O) groups excluding carboxylic acids is 1. The van der Waals surface area contributed by atoms with Crippen LogP contribution in [0.2, 0.25) is 0 Å². The molecule has 6 heteroatoms. The molecule has 2 aromatic heterocycles. The van der Waals surface area contributed by atoms with Gasteiger partial charge in [0.1, 0.15) is 6.10 Å². The number of ether oxygens (including phenoxy) is 1. The van der Waals surface area contributed by atoms with Gasteiger partial charge in [-0.3, -0.25) is 4.79 Å². The zero-order valence-electron chi connectivity index (χ0n) is 14.5. The average molecular weight is 338 g/mol. The molecule has 4 rings (SSSR count). The summed E-state index contributed by atoms with van der Waals surface area (Å²) < 4.78 is 7.36. The van der Waals surface area contributed by atoms with E-state index in [1.165, 1.54) is 0 Å². The Balaban J connectivity index is 1.78. The SMILES string of the molecule is CC(C)Cn1nc(NC(=O)[C@H]2CCCO2)c2cc3ccccc3nc21. The van der Waals surface area contributed by atoms with Gasteiger partial charge in [0.25, 0.3) is 5.91 Å². The first-order valence-electron chi connectivity index (χ1n) is 8.80. The van der Waals surface area contributed by atoms with Crippen molar-refractivity contribution in [2.24, 2.45) is 5.92 Å². The van der Waals surface area contributed by atoms with Gasteiger partial charge >= 0.3 is 0 Å². The van der Waals surface area contributed by atoms with Gasteiger partial charge in [0.15, 0.2) is 11.5 Å². The molecule has 25 heavy (non-hydrogen) atoms. The van der Waals surface area contributed by atoms with Gasteiger partial charge in [-0.25, -0.2) is 9.67 Å². The second-order valence-corrected chi connectivity index (χ2v) is 6.97. The van der Waals surface area contributed by atoms with Crippen LogP contribution in [0, 0.1) is 5.92 Å². The normalized spacial score (nSPS) is 17.6. The lowest BCUT2D eigenvalue weighted by Crippen LogP contribution is -2.27. The summed E-state index contributed by atoms with van der Waals surface area (Å²) in [6.07, 6.45) is 1.31. The third-order valence-corrected chi connectivity index (χ3v) is 4.43. The van der Waals surface area contributed by atoms with Gasteiger partial charge in [-0.2, -0.15) is 5.10 Å². The Morgan fingerprint density at radius 1 is 1.40 bits per heavy atom. The van der Waals surface area contributed by atoms with Crippen molar-refractivity contribution >= 4 is 33.7 Å². The van der Waals surface area contributed by atoms with Crippen molar-refractivity contribution in [3.8, 4) is 0 Å². The van der Waals surface area contributed by atoms with E-state index in [1.54, 1.807) is 0 Å². The molecule has 1 aliphatic heterocycles. The average Bonchev–Trinajstić information content (AvgIpc) is 3.22. The highest BCUT2D eigenvalue weighted by Crippen LogP contribution is 2.27. The van der Waals surface area contributed by atoms with E-state index < -0.39 is 0 Å². The number of carbonyl (C=O) groups is 1. The maximum Gasteiger partial charge on any atom is 0.254 e. The van der Waals surface area contributed by atoms with Crippen LogP contribution in [0.15, 0.2) is 30.3 Å². The summed E-state index contributed by atoms with van der Waals surface area (Å²) in [4.78, 5) is 17.2. The molecule has 3 aromatic rings. The second kappa shape index (κ2) is 6.44. The maximum absolute atomic E-state index is 12.4. The van der Waals surface area contributed by atoms with E-state index in [4.69, 9.17) is 9.72 Å². The fraction of sp³-hybridized carbons (Fsp3) is 0.421. The molecule has 1 amide bonds. The first kappa shape index (κ1) is 16.0. The van der Waals surface area contributed by atoms with E-state index in [1.807, 2.05) is 35.0 Å². The fourth-order valence-electron chi connectivity index (χ4n) is 3.25. The molecule has 1 aromatic carbocycles. The first-order chi connectivity index (χ1) is 12.1. The Morgan fingerprint density at radius 2 is 2.24 bits per heavy atom. The summed E-state index contributed by atoms with van der Waals surface area (Å²) in [5.74, 6) is 0.870. The van der Waals surface area contributed by atoms with Gasteiger partial charge in [0.2, 0.25) is 0 Å². The van der Waals surface area contributed by atoms with Crippen molar-refractivity contribution in [2.75, 3.05) is 11.9 Å². The Hall–Kier alpha value is -2.47. The number of nitrogens with one attached hydrogen (secondary N) is 1. The van der Waals surface area contributed by atoms with Gasteiger partial charge in [0.05, 0.1) is 10.9 Å². The van der Waals surface area contributed by atoms with Crippen LogP contribution >= 0.6 is 0 Å². The van der Waals surface area contributed by atoms with Gasteiger partial charge in [-0.15, -0.1) is 0 Å². The van der Waals surface area contributed by atoms with E-state index in [0.29, 0.717) is 18.3 Å². The van der Waals surface area contributed by atoms with Crippen LogP contribution in [-0.4, -0.2) is 33.4 Å². The van der Waals surface area contributed by atoms with E-state index >= 15 is 0 Å². The molecule has 6 nitrogen and oxygen atoms in total. The molecule has 130 valence electrons. The zero-order chi connectivity index (χ0) is 17.4. The Kier molecular flexibility index (Phi) is 4.13. The largest absolute Gasteiger partial charge is 0.368 e. The number of hydrogen-bond donors (Lipinski definition) is 1. The first-order valence-corrected chi connectivity index (χ1v) is 8.80. The second-order valence-electron chi connectivity index (χ2n) is 6.97. The van der Waals surface area contributed by atoms with Crippen molar-refractivity contribution in [1.82, 2.24) is 14.8 Å². The number of aromatic nitrogens is 3. The van der Waals surface area contributed by atoms with Crippen molar-refractivity contribution in [1.29, 1.82) is 0 Å². The Labute approximate surface area is 146 Å². The summed E-state index contributed by atoms with van der Waals surface area (Å²) in [5.41, 5.74) is 1.73. The molecule has 1 saturated heterocycles. The Bertz CT molecular complexity index is 926. The van der Waals surface area contributed by atoms with Gasteiger partial charge in [-0.1, -0.05) is 32.0 Å². The van der Waals surface area contributed by atoms with E-state index in [9.17, 15) is 4.79 Å². The van der Waals surface area contributed by atoms with Gasteiger partial charge < -0.3 is 10.1 Å². The molecule has 1 atom stereocenters. The number of benzene rings is 1. The minimum absolute atomic E-state index is 0.123. The lowest BCUT2D eigenvalue weighted by Gasteiger charge is -2.08. The molecular formula is C19H22N4O2. The monoisotopic (exact) mass is 338 g/mol. The number of amides is 1.